The monoisotopic (exact) mass is 524 g/mol. The number of anilines is 1. The molecule has 3 aliphatic heterocycles. The van der Waals surface area contributed by atoms with Gasteiger partial charge in [-0.05, 0) is 36.1 Å². The fourth-order valence-electron chi connectivity index (χ4n) is 6.67. The second kappa shape index (κ2) is 8.55. The van der Waals surface area contributed by atoms with Gasteiger partial charge >= 0.3 is 0 Å². The van der Waals surface area contributed by atoms with Crippen LogP contribution < -0.4 is 10.6 Å². The summed E-state index contributed by atoms with van der Waals surface area (Å²) in [5.41, 5.74) is 2.83. The van der Waals surface area contributed by atoms with Crippen LogP contribution in [0.4, 0.5) is 5.69 Å². The molecule has 2 fully saturated rings. The summed E-state index contributed by atoms with van der Waals surface area (Å²) in [6.45, 7) is 0.272. The van der Waals surface area contributed by atoms with Gasteiger partial charge in [-0.25, -0.2) is 0 Å². The van der Waals surface area contributed by atoms with E-state index in [2.05, 4.69) is 15.6 Å². The number of imide groups is 1. The van der Waals surface area contributed by atoms with Crippen molar-refractivity contribution in [3.63, 3.8) is 0 Å². The lowest BCUT2D eigenvalue weighted by atomic mass is 9.76. The lowest BCUT2D eigenvalue weighted by molar-refractivity contribution is -0.142. The molecule has 4 aromatic rings. The molecule has 8 heteroatoms. The lowest BCUT2D eigenvalue weighted by Gasteiger charge is -2.29. The molecule has 0 aliphatic carbocycles. The predicted octanol–water partition coefficient (Wildman–Crippen LogP) is 4.03. The number of amides is 3. The van der Waals surface area contributed by atoms with E-state index in [4.69, 9.17) is 11.6 Å². The van der Waals surface area contributed by atoms with E-state index in [1.807, 2.05) is 66.9 Å². The second-order valence-corrected chi connectivity index (χ2v) is 10.7. The van der Waals surface area contributed by atoms with E-state index in [0.717, 1.165) is 22.0 Å². The number of halogens is 1. The standard InChI is InChI=1S/C30H25ClN4O3/c31-21-11-6-10-20-26(21)33-29(38)30(20)25-24(23(34-30)15-18-16-32-22-12-5-4-9-19(18)22)27(36)35(28(25)37)14-13-17-7-2-1-3-8-17/h1-12,16,23-25,32,34H,13-15H2,(H,33,38)/t23-,24+,25-,30+/m0/s1. The molecule has 0 saturated carbocycles. The maximum atomic E-state index is 14.0. The number of nitrogens with zero attached hydrogens (tertiary/aromatic N) is 1. The SMILES string of the molecule is O=C1[C@@H]2[C@H](Cc3c[nH]c4ccccc34)N[C@@]3(C(=O)Nc4c(Cl)cccc43)[C@@H]2C(=O)N1CCc1ccccc1. The first-order valence-electron chi connectivity index (χ1n) is 12.8. The van der Waals surface area contributed by atoms with Gasteiger partial charge in [0.05, 0.1) is 22.5 Å². The zero-order valence-corrected chi connectivity index (χ0v) is 21.2. The largest absolute Gasteiger partial charge is 0.361 e. The van der Waals surface area contributed by atoms with Crippen LogP contribution in [0.3, 0.4) is 0 Å². The van der Waals surface area contributed by atoms with E-state index in [1.165, 1.54) is 4.90 Å². The van der Waals surface area contributed by atoms with Crippen LogP contribution in [0.25, 0.3) is 10.9 Å². The highest BCUT2D eigenvalue weighted by molar-refractivity contribution is 6.35. The Bertz CT molecular complexity index is 1620. The molecule has 3 N–H and O–H groups in total. The van der Waals surface area contributed by atoms with Crippen LogP contribution in [-0.2, 0) is 32.8 Å². The van der Waals surface area contributed by atoms with Crippen LogP contribution in [-0.4, -0.2) is 40.2 Å². The van der Waals surface area contributed by atoms with Crippen molar-refractivity contribution >= 4 is 45.9 Å². The van der Waals surface area contributed by atoms with Crippen molar-refractivity contribution in [1.29, 1.82) is 0 Å². The minimum Gasteiger partial charge on any atom is -0.361 e. The van der Waals surface area contributed by atoms with Crippen molar-refractivity contribution < 1.29 is 14.4 Å². The summed E-state index contributed by atoms with van der Waals surface area (Å²) in [6, 6.07) is 22.7. The quantitative estimate of drug-likeness (QED) is 0.344. The first kappa shape index (κ1) is 23.2. The summed E-state index contributed by atoms with van der Waals surface area (Å²) in [7, 11) is 0. The number of nitrogens with one attached hydrogen (secondary N) is 3. The highest BCUT2D eigenvalue weighted by Gasteiger charge is 2.70. The van der Waals surface area contributed by atoms with Gasteiger partial charge in [0.2, 0.25) is 17.7 Å². The third-order valence-corrected chi connectivity index (χ3v) is 8.69. The molecule has 7 nitrogen and oxygen atoms in total. The molecule has 0 bridgehead atoms. The van der Waals surface area contributed by atoms with Gasteiger partial charge in [-0.1, -0.05) is 72.3 Å². The van der Waals surface area contributed by atoms with Crippen molar-refractivity contribution in [2.75, 3.05) is 11.9 Å². The van der Waals surface area contributed by atoms with E-state index >= 15 is 0 Å². The van der Waals surface area contributed by atoms with Gasteiger partial charge in [-0.15, -0.1) is 0 Å². The Kier molecular flexibility index (Phi) is 5.22. The number of carbonyl (C=O) groups excluding carboxylic acids is 3. The number of fused-ring (bicyclic) bond motifs is 5. The molecular weight excluding hydrogens is 500 g/mol. The van der Waals surface area contributed by atoms with Crippen molar-refractivity contribution in [3.8, 4) is 0 Å². The summed E-state index contributed by atoms with van der Waals surface area (Å²) >= 11 is 6.46. The molecule has 190 valence electrons. The Morgan fingerprint density at radius 3 is 2.53 bits per heavy atom. The van der Waals surface area contributed by atoms with Crippen LogP contribution in [0, 0.1) is 11.8 Å². The molecule has 2 saturated heterocycles. The number of carbonyl (C=O) groups is 3. The molecule has 4 atom stereocenters. The first-order valence-corrected chi connectivity index (χ1v) is 13.2. The first-order chi connectivity index (χ1) is 18.5. The summed E-state index contributed by atoms with van der Waals surface area (Å²) in [5.74, 6) is -2.42. The van der Waals surface area contributed by atoms with Gasteiger partial charge in [0.15, 0.2) is 0 Å². The van der Waals surface area contributed by atoms with E-state index in [-0.39, 0.29) is 24.3 Å². The summed E-state index contributed by atoms with van der Waals surface area (Å²) in [4.78, 5) is 46.4. The fourth-order valence-corrected chi connectivity index (χ4v) is 6.89. The van der Waals surface area contributed by atoms with Crippen LogP contribution >= 0.6 is 11.6 Å². The van der Waals surface area contributed by atoms with E-state index in [9.17, 15) is 14.4 Å². The van der Waals surface area contributed by atoms with Crippen molar-refractivity contribution in [2.45, 2.75) is 24.4 Å². The molecule has 0 radical (unpaired) electrons. The van der Waals surface area contributed by atoms with Crippen LogP contribution in [0.15, 0.2) is 79.0 Å². The number of H-pyrrole nitrogens is 1. The zero-order valence-electron chi connectivity index (χ0n) is 20.4. The molecule has 0 unspecified atom stereocenters. The maximum Gasteiger partial charge on any atom is 0.250 e. The number of hydrogen-bond acceptors (Lipinski definition) is 4. The van der Waals surface area contributed by atoms with Crippen molar-refractivity contribution in [2.24, 2.45) is 11.8 Å². The van der Waals surface area contributed by atoms with Gasteiger partial charge in [-0.2, -0.15) is 0 Å². The molecule has 3 aliphatic rings. The molecule has 1 spiro atoms. The summed E-state index contributed by atoms with van der Waals surface area (Å²) in [5, 5.41) is 7.88. The average Bonchev–Trinajstić information content (AvgIpc) is 3.64. The van der Waals surface area contributed by atoms with Gasteiger partial charge in [0, 0.05) is 35.2 Å². The smallest absolute Gasteiger partial charge is 0.250 e. The molecule has 4 heterocycles. The zero-order chi connectivity index (χ0) is 26.0. The van der Waals surface area contributed by atoms with Crippen LogP contribution in [0.5, 0.6) is 0 Å². The number of aromatic amines is 1. The Hall–Kier alpha value is -3.94. The summed E-state index contributed by atoms with van der Waals surface area (Å²) < 4.78 is 0. The van der Waals surface area contributed by atoms with E-state index in [0.29, 0.717) is 29.1 Å². The molecule has 3 aromatic carbocycles. The average molecular weight is 525 g/mol. The molecule has 7 rings (SSSR count). The molecule has 38 heavy (non-hydrogen) atoms. The molecular formula is C30H25ClN4O3. The Labute approximate surface area is 224 Å². The highest BCUT2D eigenvalue weighted by Crippen LogP contribution is 2.54. The van der Waals surface area contributed by atoms with Crippen LogP contribution in [0.2, 0.25) is 5.02 Å². The highest BCUT2D eigenvalue weighted by atomic mass is 35.5. The van der Waals surface area contributed by atoms with Gasteiger partial charge in [0.1, 0.15) is 5.54 Å². The second-order valence-electron chi connectivity index (χ2n) is 10.3. The number of rotatable bonds is 5. The number of hydrogen-bond donors (Lipinski definition) is 3. The lowest BCUT2D eigenvalue weighted by Crippen LogP contribution is -2.53. The Balaban J connectivity index is 1.30. The fraction of sp³-hybridized carbons (Fsp3) is 0.233. The number of benzene rings is 3. The van der Waals surface area contributed by atoms with Crippen LogP contribution in [0.1, 0.15) is 16.7 Å². The summed E-state index contributed by atoms with van der Waals surface area (Å²) in [6.07, 6.45) is 2.99. The van der Waals surface area contributed by atoms with Gasteiger partial charge < -0.3 is 10.3 Å². The topological polar surface area (TPSA) is 94.3 Å². The number of likely N-dealkylation sites (tertiary alicyclic amines) is 1. The third kappa shape index (κ3) is 3.22. The van der Waals surface area contributed by atoms with E-state index < -0.39 is 23.4 Å². The maximum absolute atomic E-state index is 14.0. The number of aromatic nitrogens is 1. The Morgan fingerprint density at radius 2 is 1.68 bits per heavy atom. The minimum absolute atomic E-state index is 0.228. The number of para-hydroxylation sites is 2. The van der Waals surface area contributed by atoms with Crippen molar-refractivity contribution in [3.05, 3.63) is 101 Å². The molecule has 3 amide bonds. The Morgan fingerprint density at radius 1 is 0.895 bits per heavy atom. The third-order valence-electron chi connectivity index (χ3n) is 8.37. The van der Waals surface area contributed by atoms with E-state index in [1.54, 1.807) is 12.1 Å². The van der Waals surface area contributed by atoms with Gasteiger partial charge in [0.25, 0.3) is 0 Å². The normalized spacial score (nSPS) is 25.9. The predicted molar refractivity (Wildman–Crippen MR) is 145 cm³/mol. The molecule has 1 aromatic heterocycles. The minimum atomic E-state index is -1.37. The van der Waals surface area contributed by atoms with Gasteiger partial charge in [-0.3, -0.25) is 24.6 Å². The van der Waals surface area contributed by atoms with Crippen molar-refractivity contribution in [1.82, 2.24) is 15.2 Å².